The van der Waals surface area contributed by atoms with Crippen LogP contribution >= 0.6 is 0 Å². The number of carboxylic acid groups (broad SMARTS) is 1. The van der Waals surface area contributed by atoms with E-state index in [1.165, 1.54) is 5.57 Å². The van der Waals surface area contributed by atoms with Gasteiger partial charge in [0, 0.05) is 10.8 Å². The zero-order chi connectivity index (χ0) is 34.0. The van der Waals surface area contributed by atoms with Crippen molar-refractivity contribution in [3.63, 3.8) is 0 Å². The molecule has 0 spiro atoms. The van der Waals surface area contributed by atoms with Crippen LogP contribution in [0.1, 0.15) is 99.8 Å². The van der Waals surface area contributed by atoms with E-state index < -0.39 is 65.8 Å². The highest BCUT2D eigenvalue weighted by atomic mass is 16.7. The quantitative estimate of drug-likeness (QED) is 0.194. The summed E-state index contributed by atoms with van der Waals surface area (Å²) in [5.41, 5.74) is -0.298. The molecule has 1 unspecified atom stereocenters. The number of ether oxygens (including phenoxy) is 2. The summed E-state index contributed by atoms with van der Waals surface area (Å²) in [4.78, 5) is 11.6. The summed E-state index contributed by atoms with van der Waals surface area (Å²) < 4.78 is 11.7. The van der Waals surface area contributed by atoms with Crippen LogP contribution < -0.4 is 5.11 Å². The summed E-state index contributed by atoms with van der Waals surface area (Å²) in [6.45, 7) is 15.4. The lowest BCUT2D eigenvalue weighted by Crippen LogP contribution is -2.68. The number of fused-ring (bicyclic) bond motifs is 7. The first-order chi connectivity index (χ1) is 21.2. The third-order valence-corrected chi connectivity index (χ3v) is 15.5. The number of aliphatic hydroxyl groups excluding tert-OH is 6. The van der Waals surface area contributed by atoms with Crippen LogP contribution in [0.15, 0.2) is 11.6 Å². The molecule has 6 rings (SSSR count). The maximum atomic E-state index is 11.6. The molecule has 4 saturated carbocycles. The normalized spacial score (nSPS) is 56.5. The van der Waals surface area contributed by atoms with Crippen molar-refractivity contribution >= 4 is 5.97 Å². The second-order valence-corrected chi connectivity index (χ2v) is 18.0. The molecule has 16 atom stereocenters. The van der Waals surface area contributed by atoms with Crippen molar-refractivity contribution in [1.29, 1.82) is 0 Å². The fraction of sp³-hybridized carbons (Fsp3) is 0.917. The number of hydrogen-bond donors (Lipinski definition) is 6. The molecule has 0 bridgehead atoms. The van der Waals surface area contributed by atoms with E-state index in [2.05, 4.69) is 47.6 Å². The van der Waals surface area contributed by atoms with Crippen LogP contribution in [0.2, 0.25) is 0 Å². The standard InChI is InChI=1S/C36H58O10/c1-31(2)16-19-18-8-9-21-33(4)12-11-22(45-30-25(40)23(38)24(39)26(46-30)29(43)44)34(5,17-37)20(33)10-13-36(21,7)35(18,6)15-14-32(19,3)28(42)27(31)41/h8,19-28,30,37-42H,9-17H2,1-7H3,(H,43,44)/p-1/t19-,20+,21+,22-,23-,24-,25+,26-,27-,28+,30+,32+,33-,34+,35+,36?/m0/s1. The Hall–Kier alpha value is -1.11. The Morgan fingerprint density at radius 1 is 0.870 bits per heavy atom. The molecule has 1 heterocycles. The lowest BCUT2D eigenvalue weighted by atomic mass is 9.33. The van der Waals surface area contributed by atoms with E-state index in [-0.39, 0.29) is 40.1 Å². The van der Waals surface area contributed by atoms with Gasteiger partial charge in [-0.05, 0) is 90.8 Å². The summed E-state index contributed by atoms with van der Waals surface area (Å²) in [6.07, 6.45) is -1.62. The number of carbonyl (C=O) groups is 1. The Kier molecular flexibility index (Phi) is 8.27. The first-order valence-corrected chi connectivity index (χ1v) is 17.5. The summed E-state index contributed by atoms with van der Waals surface area (Å²) in [5.74, 6) is -1.13. The molecule has 1 aliphatic heterocycles. The van der Waals surface area contributed by atoms with E-state index in [4.69, 9.17) is 9.47 Å². The van der Waals surface area contributed by atoms with Gasteiger partial charge >= 0.3 is 0 Å². The van der Waals surface area contributed by atoms with Gasteiger partial charge in [0.15, 0.2) is 6.29 Å². The molecule has 0 aromatic heterocycles. The predicted molar refractivity (Wildman–Crippen MR) is 165 cm³/mol. The second kappa shape index (κ2) is 10.9. The van der Waals surface area contributed by atoms with E-state index in [1.54, 1.807) is 0 Å². The van der Waals surface area contributed by atoms with Gasteiger partial charge in [0.25, 0.3) is 0 Å². The number of aliphatic carboxylic acids is 1. The molecule has 0 aromatic carbocycles. The van der Waals surface area contributed by atoms with Gasteiger partial charge in [-0.3, -0.25) is 0 Å². The largest absolute Gasteiger partial charge is 0.547 e. The minimum atomic E-state index is -1.86. The highest BCUT2D eigenvalue weighted by Crippen LogP contribution is 2.75. The van der Waals surface area contributed by atoms with Crippen LogP contribution in [0.3, 0.4) is 0 Å². The Morgan fingerprint density at radius 2 is 1.54 bits per heavy atom. The summed E-state index contributed by atoms with van der Waals surface area (Å²) in [7, 11) is 0. The first kappa shape index (κ1) is 34.7. The summed E-state index contributed by atoms with van der Waals surface area (Å²) in [6, 6.07) is 0. The molecule has 0 aromatic rings. The Bertz CT molecular complexity index is 1250. The minimum absolute atomic E-state index is 0.0243. The predicted octanol–water partition coefficient (Wildman–Crippen LogP) is 1.66. The second-order valence-electron chi connectivity index (χ2n) is 18.0. The molecule has 5 aliphatic carbocycles. The maximum Gasteiger partial charge on any atom is 0.187 e. The number of carboxylic acids is 1. The SMILES string of the molecule is CC1(C)C[C@H]2C3=CC[C@H]4C(C)(CC[C@@H]5[C@]4(C)CC[C@H](O[C@@H]4O[C@H](C(=O)[O-])[C@@H](O)[C@H](O)[C@H]4O)[C@]5(C)CO)[C@]3(C)CC[C@@]2(C)[C@H](O)[C@@H]1O. The van der Waals surface area contributed by atoms with Crippen molar-refractivity contribution in [2.45, 2.75) is 149 Å². The highest BCUT2D eigenvalue weighted by molar-refractivity contribution is 5.71. The van der Waals surface area contributed by atoms with Crippen molar-refractivity contribution in [3.8, 4) is 0 Å². The molecule has 0 amide bonds. The monoisotopic (exact) mass is 649 g/mol. The third-order valence-electron chi connectivity index (χ3n) is 15.5. The van der Waals surface area contributed by atoms with Crippen molar-refractivity contribution in [1.82, 2.24) is 0 Å². The molecule has 10 heteroatoms. The van der Waals surface area contributed by atoms with Gasteiger partial charge in [-0.1, -0.05) is 60.1 Å². The number of aliphatic hydroxyl groups is 6. The zero-order valence-electron chi connectivity index (χ0n) is 28.6. The Labute approximate surface area is 273 Å². The smallest absolute Gasteiger partial charge is 0.187 e. The maximum absolute atomic E-state index is 11.6. The van der Waals surface area contributed by atoms with Gasteiger partial charge in [-0.25, -0.2) is 0 Å². The van der Waals surface area contributed by atoms with Crippen LogP contribution in [0.5, 0.6) is 0 Å². The Balaban J connectivity index is 1.30. The summed E-state index contributed by atoms with van der Waals surface area (Å²) >= 11 is 0. The van der Waals surface area contributed by atoms with Gasteiger partial charge in [0.1, 0.15) is 24.4 Å². The van der Waals surface area contributed by atoms with Gasteiger partial charge in [0.05, 0.1) is 30.9 Å². The first-order valence-electron chi connectivity index (χ1n) is 17.5. The molecule has 0 radical (unpaired) electrons. The number of rotatable bonds is 4. The van der Waals surface area contributed by atoms with E-state index in [1.807, 2.05) is 6.92 Å². The van der Waals surface area contributed by atoms with E-state index in [9.17, 15) is 40.5 Å². The van der Waals surface area contributed by atoms with Gasteiger partial charge in [-0.15, -0.1) is 0 Å². The van der Waals surface area contributed by atoms with Crippen molar-refractivity contribution in [2.75, 3.05) is 6.61 Å². The van der Waals surface area contributed by atoms with Crippen LogP contribution in [0.4, 0.5) is 0 Å². The topological polar surface area (TPSA) is 180 Å². The molecule has 262 valence electrons. The van der Waals surface area contributed by atoms with Crippen LogP contribution in [0, 0.1) is 50.2 Å². The van der Waals surface area contributed by atoms with E-state index in [0.717, 1.165) is 44.9 Å². The average Bonchev–Trinajstić information content (AvgIpc) is 2.99. The Morgan fingerprint density at radius 3 is 2.17 bits per heavy atom. The van der Waals surface area contributed by atoms with Crippen molar-refractivity contribution in [3.05, 3.63) is 11.6 Å². The summed E-state index contributed by atoms with van der Waals surface area (Å²) in [5, 5.41) is 76.3. The van der Waals surface area contributed by atoms with Gasteiger partial charge in [0.2, 0.25) is 0 Å². The average molecular weight is 650 g/mol. The lowest BCUT2D eigenvalue weighted by Gasteiger charge is -2.72. The minimum Gasteiger partial charge on any atom is -0.547 e. The number of allylic oxidation sites excluding steroid dienone is 2. The van der Waals surface area contributed by atoms with Gasteiger partial charge in [-0.2, -0.15) is 0 Å². The van der Waals surface area contributed by atoms with E-state index in [0.29, 0.717) is 12.3 Å². The lowest BCUT2D eigenvalue weighted by molar-refractivity contribution is -0.360. The van der Waals surface area contributed by atoms with Crippen LogP contribution in [-0.2, 0) is 14.3 Å². The molecular weight excluding hydrogens is 592 g/mol. The molecule has 10 nitrogen and oxygen atoms in total. The highest BCUT2D eigenvalue weighted by Gasteiger charge is 2.70. The fourth-order valence-corrected chi connectivity index (χ4v) is 12.2. The van der Waals surface area contributed by atoms with Crippen molar-refractivity contribution < 1.29 is 50.0 Å². The fourth-order valence-electron chi connectivity index (χ4n) is 12.2. The molecular formula is C36H57O10-. The van der Waals surface area contributed by atoms with E-state index >= 15 is 0 Å². The van der Waals surface area contributed by atoms with Crippen LogP contribution in [-0.4, -0.2) is 92.2 Å². The zero-order valence-corrected chi connectivity index (χ0v) is 28.6. The molecule has 6 aliphatic rings. The molecule has 1 saturated heterocycles. The van der Waals surface area contributed by atoms with Crippen molar-refractivity contribution in [2.24, 2.45) is 50.2 Å². The third kappa shape index (κ3) is 4.46. The van der Waals surface area contributed by atoms with Gasteiger partial charge < -0.3 is 50.0 Å². The van der Waals surface area contributed by atoms with Crippen LogP contribution in [0.25, 0.3) is 0 Å². The molecule has 5 fully saturated rings. The number of carbonyl (C=O) groups excluding carboxylic acids is 1. The number of hydrogen-bond acceptors (Lipinski definition) is 10. The molecule has 46 heavy (non-hydrogen) atoms. The molecule has 6 N–H and O–H groups in total.